The van der Waals surface area contributed by atoms with Gasteiger partial charge in [-0.2, -0.15) is 0 Å². The zero-order valence-corrected chi connectivity index (χ0v) is 10.8. The summed E-state index contributed by atoms with van der Waals surface area (Å²) in [7, 11) is 0. The average molecular weight is 251 g/mol. The third-order valence-electron chi connectivity index (χ3n) is 3.26. The van der Waals surface area contributed by atoms with Crippen LogP contribution in [-0.4, -0.2) is 34.6 Å². The van der Waals surface area contributed by atoms with Gasteiger partial charge in [0.05, 0.1) is 11.2 Å². The molecule has 2 rings (SSSR count). The number of rotatable bonds is 1. The van der Waals surface area contributed by atoms with Gasteiger partial charge in [-0.15, -0.1) is 12.6 Å². The molecule has 1 N–H and O–H groups in total. The Morgan fingerprint density at radius 1 is 1.35 bits per heavy atom. The van der Waals surface area contributed by atoms with Crippen molar-refractivity contribution in [2.45, 2.75) is 30.3 Å². The van der Waals surface area contributed by atoms with Crippen LogP contribution in [-0.2, 0) is 0 Å². The summed E-state index contributed by atoms with van der Waals surface area (Å²) in [6.45, 7) is 3.03. The highest BCUT2D eigenvalue weighted by molar-refractivity contribution is 7.80. The predicted molar refractivity (Wildman–Crippen MR) is 69.5 cm³/mol. The van der Waals surface area contributed by atoms with Gasteiger partial charge in [-0.05, 0) is 31.9 Å². The molecule has 1 aromatic carbocycles. The lowest BCUT2D eigenvalue weighted by Crippen LogP contribution is -2.45. The molecule has 0 saturated carbocycles. The van der Waals surface area contributed by atoms with E-state index in [-0.39, 0.29) is 5.91 Å². The van der Waals surface area contributed by atoms with Gasteiger partial charge in [0.15, 0.2) is 0 Å². The lowest BCUT2D eigenvalue weighted by molar-refractivity contribution is -0.00211. The van der Waals surface area contributed by atoms with Crippen molar-refractivity contribution in [1.82, 2.24) is 4.90 Å². The van der Waals surface area contributed by atoms with Gasteiger partial charge in [-0.1, -0.05) is 12.1 Å². The number of likely N-dealkylation sites (tertiary alicyclic amines) is 1. The second-order valence-corrected chi connectivity index (χ2v) is 5.29. The van der Waals surface area contributed by atoms with Crippen LogP contribution < -0.4 is 0 Å². The Hall–Kier alpha value is -1.00. The predicted octanol–water partition coefficient (Wildman–Crippen LogP) is 1.96. The Bertz CT molecular complexity index is 421. The average Bonchev–Trinajstić information content (AvgIpc) is 2.29. The van der Waals surface area contributed by atoms with Gasteiger partial charge in [0, 0.05) is 18.0 Å². The fourth-order valence-corrected chi connectivity index (χ4v) is 2.27. The number of aliphatic hydroxyl groups is 1. The SMILES string of the molecule is CC1(O)CCN(C(=O)c2ccccc2S)CC1. The first-order valence-electron chi connectivity index (χ1n) is 5.79. The standard InChI is InChI=1S/C13H17NO2S/c1-13(16)6-8-14(9-7-13)12(15)10-4-2-3-5-11(10)17/h2-5,16-17H,6-9H2,1H3. The molecule has 4 heteroatoms. The molecule has 0 aliphatic carbocycles. The van der Waals surface area contributed by atoms with Crippen molar-refractivity contribution in [2.75, 3.05) is 13.1 Å². The summed E-state index contributed by atoms with van der Waals surface area (Å²) < 4.78 is 0. The molecule has 3 nitrogen and oxygen atoms in total. The van der Waals surface area contributed by atoms with E-state index in [0.29, 0.717) is 36.4 Å². The summed E-state index contributed by atoms with van der Waals surface area (Å²) in [4.78, 5) is 14.7. The first-order valence-corrected chi connectivity index (χ1v) is 6.24. The number of piperidine rings is 1. The fourth-order valence-electron chi connectivity index (χ4n) is 2.02. The van der Waals surface area contributed by atoms with Crippen molar-refractivity contribution in [3.05, 3.63) is 29.8 Å². The van der Waals surface area contributed by atoms with E-state index < -0.39 is 5.60 Å². The molecule has 1 amide bonds. The maximum absolute atomic E-state index is 12.2. The molecule has 1 aliphatic heterocycles. The third-order valence-corrected chi connectivity index (χ3v) is 3.65. The van der Waals surface area contributed by atoms with Crippen LogP contribution in [0.15, 0.2) is 29.2 Å². The number of hydrogen-bond donors (Lipinski definition) is 2. The molecule has 1 heterocycles. The van der Waals surface area contributed by atoms with E-state index in [9.17, 15) is 9.90 Å². The van der Waals surface area contributed by atoms with Crippen LogP contribution in [0, 0.1) is 0 Å². The molecule has 0 atom stereocenters. The Morgan fingerprint density at radius 2 is 1.94 bits per heavy atom. The number of thiol groups is 1. The molecule has 1 fully saturated rings. The van der Waals surface area contributed by atoms with Crippen LogP contribution in [0.3, 0.4) is 0 Å². The number of carbonyl (C=O) groups excluding carboxylic acids is 1. The normalized spacial score (nSPS) is 19.1. The van der Waals surface area contributed by atoms with Crippen LogP contribution >= 0.6 is 12.6 Å². The van der Waals surface area contributed by atoms with Gasteiger partial charge in [0.25, 0.3) is 5.91 Å². The van der Waals surface area contributed by atoms with Gasteiger partial charge in [-0.25, -0.2) is 0 Å². The molecule has 0 radical (unpaired) electrons. The van der Waals surface area contributed by atoms with E-state index >= 15 is 0 Å². The third kappa shape index (κ3) is 2.82. The Labute approximate surface area is 107 Å². The van der Waals surface area contributed by atoms with Crippen LogP contribution in [0.4, 0.5) is 0 Å². The second-order valence-electron chi connectivity index (χ2n) is 4.81. The van der Waals surface area contributed by atoms with Crippen LogP contribution in [0.2, 0.25) is 0 Å². The van der Waals surface area contributed by atoms with Crippen LogP contribution in [0.5, 0.6) is 0 Å². The topological polar surface area (TPSA) is 40.5 Å². The van der Waals surface area contributed by atoms with Crippen LogP contribution in [0.25, 0.3) is 0 Å². The largest absolute Gasteiger partial charge is 0.390 e. The van der Waals surface area contributed by atoms with E-state index in [2.05, 4.69) is 12.6 Å². The van der Waals surface area contributed by atoms with Gasteiger partial charge in [0.2, 0.25) is 0 Å². The minimum Gasteiger partial charge on any atom is -0.390 e. The zero-order chi connectivity index (χ0) is 12.5. The summed E-state index contributed by atoms with van der Waals surface area (Å²) in [5.74, 6) is 0.00565. The Morgan fingerprint density at radius 3 is 2.53 bits per heavy atom. The molecule has 1 aromatic rings. The van der Waals surface area contributed by atoms with Crippen LogP contribution in [0.1, 0.15) is 30.1 Å². The molecule has 0 bridgehead atoms. The number of benzene rings is 1. The molecule has 0 aromatic heterocycles. The van der Waals surface area contributed by atoms with Crippen molar-refractivity contribution < 1.29 is 9.90 Å². The summed E-state index contributed by atoms with van der Waals surface area (Å²) in [5, 5.41) is 9.85. The number of nitrogens with zero attached hydrogens (tertiary/aromatic N) is 1. The maximum Gasteiger partial charge on any atom is 0.254 e. The smallest absolute Gasteiger partial charge is 0.254 e. The monoisotopic (exact) mass is 251 g/mol. The maximum atomic E-state index is 12.2. The summed E-state index contributed by atoms with van der Waals surface area (Å²) >= 11 is 4.29. The highest BCUT2D eigenvalue weighted by Gasteiger charge is 2.30. The van der Waals surface area contributed by atoms with E-state index in [1.807, 2.05) is 25.1 Å². The molecule has 17 heavy (non-hydrogen) atoms. The highest BCUT2D eigenvalue weighted by atomic mass is 32.1. The second kappa shape index (κ2) is 4.70. The first kappa shape index (κ1) is 12.5. The molecular weight excluding hydrogens is 234 g/mol. The summed E-state index contributed by atoms with van der Waals surface area (Å²) in [6.07, 6.45) is 1.26. The van der Waals surface area contributed by atoms with E-state index in [4.69, 9.17) is 0 Å². The van der Waals surface area contributed by atoms with Crippen molar-refractivity contribution in [3.63, 3.8) is 0 Å². The Kier molecular flexibility index (Phi) is 3.45. The van der Waals surface area contributed by atoms with Crippen molar-refractivity contribution in [1.29, 1.82) is 0 Å². The molecule has 0 unspecified atom stereocenters. The lowest BCUT2D eigenvalue weighted by Gasteiger charge is -2.35. The zero-order valence-electron chi connectivity index (χ0n) is 9.89. The van der Waals surface area contributed by atoms with Crippen molar-refractivity contribution in [3.8, 4) is 0 Å². The number of hydrogen-bond acceptors (Lipinski definition) is 3. The van der Waals surface area contributed by atoms with E-state index in [0.717, 1.165) is 0 Å². The number of amides is 1. The minimum absolute atomic E-state index is 0.00565. The molecule has 92 valence electrons. The van der Waals surface area contributed by atoms with Gasteiger partial charge < -0.3 is 10.0 Å². The quantitative estimate of drug-likeness (QED) is 0.749. The fraction of sp³-hybridized carbons (Fsp3) is 0.462. The molecule has 0 spiro atoms. The van der Waals surface area contributed by atoms with Crippen molar-refractivity contribution >= 4 is 18.5 Å². The van der Waals surface area contributed by atoms with Crippen molar-refractivity contribution in [2.24, 2.45) is 0 Å². The lowest BCUT2D eigenvalue weighted by atomic mass is 9.93. The van der Waals surface area contributed by atoms with Gasteiger partial charge >= 0.3 is 0 Å². The summed E-state index contributed by atoms with van der Waals surface area (Å²) in [6, 6.07) is 7.31. The van der Waals surface area contributed by atoms with E-state index in [1.54, 1.807) is 11.0 Å². The van der Waals surface area contributed by atoms with Gasteiger partial charge in [-0.3, -0.25) is 4.79 Å². The van der Waals surface area contributed by atoms with Gasteiger partial charge in [0.1, 0.15) is 0 Å². The van der Waals surface area contributed by atoms with E-state index in [1.165, 1.54) is 0 Å². The Balaban J connectivity index is 2.10. The molecule has 1 aliphatic rings. The highest BCUT2D eigenvalue weighted by Crippen LogP contribution is 2.23. The summed E-state index contributed by atoms with van der Waals surface area (Å²) in [5.41, 5.74) is 0.00874. The molecule has 1 saturated heterocycles. The first-order chi connectivity index (χ1) is 7.99. The molecular formula is C13H17NO2S. The number of carbonyl (C=O) groups is 1. The minimum atomic E-state index is -0.628.